The van der Waals surface area contributed by atoms with E-state index < -0.39 is 8.07 Å². The molecule has 0 aromatic heterocycles. The summed E-state index contributed by atoms with van der Waals surface area (Å²) in [6.07, 6.45) is 0. The van der Waals surface area contributed by atoms with Gasteiger partial charge in [-0.15, -0.1) is 0 Å². The zero-order valence-corrected chi connectivity index (χ0v) is 12.8. The van der Waals surface area contributed by atoms with Crippen LogP contribution in [0.4, 0.5) is 0 Å². The average molecular weight is 402 g/mol. The highest BCUT2D eigenvalue weighted by Crippen LogP contribution is 2.13. The van der Waals surface area contributed by atoms with E-state index in [1.165, 1.54) is 7.14 Å². The predicted octanol–water partition coefficient (Wildman–Crippen LogP) is 3.44. The van der Waals surface area contributed by atoms with Crippen LogP contribution in [0.5, 0.6) is 0 Å². The van der Waals surface area contributed by atoms with Crippen molar-refractivity contribution in [3.63, 3.8) is 0 Å². The van der Waals surface area contributed by atoms with E-state index in [1.54, 1.807) is 5.19 Å². The molecule has 12 heavy (non-hydrogen) atoms. The number of hydrogen-bond donors (Lipinski definition) is 0. The van der Waals surface area contributed by atoms with E-state index >= 15 is 0 Å². The van der Waals surface area contributed by atoms with E-state index in [2.05, 4.69) is 83.0 Å². The lowest BCUT2D eigenvalue weighted by Gasteiger charge is -2.18. The third kappa shape index (κ3) is 2.70. The minimum Gasteiger partial charge on any atom is -0.0656 e. The van der Waals surface area contributed by atoms with Crippen molar-refractivity contribution in [3.8, 4) is 0 Å². The van der Waals surface area contributed by atoms with Crippen molar-refractivity contribution >= 4 is 58.4 Å². The van der Waals surface area contributed by atoms with Gasteiger partial charge in [0.25, 0.3) is 0 Å². The zero-order valence-electron chi connectivity index (χ0n) is 7.49. The van der Waals surface area contributed by atoms with Crippen molar-refractivity contribution in [1.82, 2.24) is 0 Å². The van der Waals surface area contributed by atoms with Gasteiger partial charge in [0.05, 0.1) is 8.07 Å². The molecule has 1 aromatic carbocycles. The minimum atomic E-state index is -1.11. The lowest BCUT2D eigenvalue weighted by atomic mass is 10.4. The van der Waals surface area contributed by atoms with Gasteiger partial charge in [0.15, 0.2) is 0 Å². The van der Waals surface area contributed by atoms with Crippen LogP contribution in [0.15, 0.2) is 18.2 Å². The molecule has 0 bridgehead atoms. The quantitative estimate of drug-likeness (QED) is 0.499. The number of benzene rings is 1. The Morgan fingerprint density at radius 2 is 1.67 bits per heavy atom. The second kappa shape index (κ2) is 3.96. The second-order valence-electron chi connectivity index (χ2n) is 3.87. The first-order chi connectivity index (χ1) is 5.41. The Hall–Kier alpha value is 0.897. The maximum absolute atomic E-state index is 2.44. The summed E-state index contributed by atoms with van der Waals surface area (Å²) in [5.41, 5.74) is 0. The van der Waals surface area contributed by atoms with Gasteiger partial charge in [-0.2, -0.15) is 0 Å². The van der Waals surface area contributed by atoms with Crippen LogP contribution in [-0.2, 0) is 0 Å². The Balaban J connectivity index is 3.19. The van der Waals surface area contributed by atoms with Gasteiger partial charge in [0.2, 0.25) is 0 Å². The van der Waals surface area contributed by atoms with Crippen LogP contribution in [0.1, 0.15) is 0 Å². The van der Waals surface area contributed by atoms with Crippen LogP contribution in [0.2, 0.25) is 19.6 Å². The number of halogens is 2. The molecule has 0 atom stereocenters. The monoisotopic (exact) mass is 402 g/mol. The van der Waals surface area contributed by atoms with Crippen molar-refractivity contribution < 1.29 is 0 Å². The summed E-state index contributed by atoms with van der Waals surface area (Å²) >= 11 is 4.80. The summed E-state index contributed by atoms with van der Waals surface area (Å²) in [5.74, 6) is 0. The predicted molar refractivity (Wildman–Crippen MR) is 74.9 cm³/mol. The van der Waals surface area contributed by atoms with E-state index in [-0.39, 0.29) is 0 Å². The fourth-order valence-corrected chi connectivity index (χ4v) is 6.50. The van der Waals surface area contributed by atoms with Gasteiger partial charge in [-0.25, -0.2) is 0 Å². The van der Waals surface area contributed by atoms with Gasteiger partial charge in [-0.1, -0.05) is 25.7 Å². The average Bonchev–Trinajstić information content (AvgIpc) is 1.83. The van der Waals surface area contributed by atoms with Crippen LogP contribution >= 0.6 is 45.2 Å². The standard InChI is InChI=1S/C9H12I2Si/c1-12(2,3)9-5-4-7(10)6-8(9)11/h4-6H,1-3H3. The highest BCUT2D eigenvalue weighted by atomic mass is 127. The van der Waals surface area contributed by atoms with Gasteiger partial charge in [0.1, 0.15) is 0 Å². The molecule has 0 amide bonds. The van der Waals surface area contributed by atoms with Crippen molar-refractivity contribution in [2.75, 3.05) is 0 Å². The molecule has 66 valence electrons. The topological polar surface area (TPSA) is 0 Å². The van der Waals surface area contributed by atoms with Gasteiger partial charge < -0.3 is 0 Å². The number of rotatable bonds is 1. The fourth-order valence-electron chi connectivity index (χ4n) is 1.10. The molecule has 0 unspecified atom stereocenters. The van der Waals surface area contributed by atoms with Gasteiger partial charge >= 0.3 is 0 Å². The summed E-state index contributed by atoms with van der Waals surface area (Å²) in [6.45, 7) is 7.16. The van der Waals surface area contributed by atoms with Crippen LogP contribution in [0.3, 0.4) is 0 Å². The molecule has 0 nitrogen and oxygen atoms in total. The third-order valence-electron chi connectivity index (χ3n) is 1.74. The van der Waals surface area contributed by atoms with Crippen molar-refractivity contribution in [1.29, 1.82) is 0 Å². The zero-order chi connectivity index (χ0) is 9.35. The maximum Gasteiger partial charge on any atom is 0.0789 e. The Morgan fingerprint density at radius 3 is 2.08 bits per heavy atom. The summed E-state index contributed by atoms with van der Waals surface area (Å²) in [6, 6.07) is 6.75. The summed E-state index contributed by atoms with van der Waals surface area (Å²) in [7, 11) is -1.11. The lowest BCUT2D eigenvalue weighted by Crippen LogP contribution is -2.39. The first-order valence-electron chi connectivity index (χ1n) is 3.87. The van der Waals surface area contributed by atoms with E-state index in [9.17, 15) is 0 Å². The normalized spacial score (nSPS) is 11.8. The SMILES string of the molecule is C[Si](C)(C)c1ccc(I)cc1I. The van der Waals surface area contributed by atoms with Crippen LogP contribution in [0, 0.1) is 7.14 Å². The molecule has 0 saturated heterocycles. The van der Waals surface area contributed by atoms with Crippen LogP contribution in [-0.4, -0.2) is 8.07 Å². The van der Waals surface area contributed by atoms with E-state index in [4.69, 9.17) is 0 Å². The van der Waals surface area contributed by atoms with Gasteiger partial charge in [-0.3, -0.25) is 0 Å². The van der Waals surface area contributed by atoms with Gasteiger partial charge in [-0.05, 0) is 62.5 Å². The largest absolute Gasteiger partial charge is 0.0789 e. The molecule has 3 heteroatoms. The summed E-state index contributed by atoms with van der Waals surface area (Å²) in [5, 5.41) is 1.57. The van der Waals surface area contributed by atoms with Crippen LogP contribution in [0.25, 0.3) is 0 Å². The molecule has 0 saturated carbocycles. The third-order valence-corrected chi connectivity index (χ3v) is 5.86. The second-order valence-corrected chi connectivity index (χ2v) is 11.3. The molecule has 0 spiro atoms. The summed E-state index contributed by atoms with van der Waals surface area (Å²) < 4.78 is 2.76. The molecular formula is C9H12I2Si. The van der Waals surface area contributed by atoms with Gasteiger partial charge in [0, 0.05) is 7.14 Å². The highest BCUT2D eigenvalue weighted by molar-refractivity contribution is 14.1. The molecule has 0 N–H and O–H groups in total. The summed E-state index contributed by atoms with van der Waals surface area (Å²) in [4.78, 5) is 0. The van der Waals surface area contributed by atoms with Crippen LogP contribution < -0.4 is 5.19 Å². The smallest absolute Gasteiger partial charge is 0.0656 e. The van der Waals surface area contributed by atoms with Crippen molar-refractivity contribution in [2.45, 2.75) is 19.6 Å². The molecule has 0 heterocycles. The lowest BCUT2D eigenvalue weighted by molar-refractivity contribution is 1.59. The molecule has 0 aliphatic carbocycles. The minimum absolute atomic E-state index is 1.11. The Labute approximate surface area is 102 Å². The van der Waals surface area contributed by atoms with E-state index in [0.717, 1.165) is 0 Å². The van der Waals surface area contributed by atoms with E-state index in [1.807, 2.05) is 0 Å². The first-order valence-corrected chi connectivity index (χ1v) is 9.52. The fraction of sp³-hybridized carbons (Fsp3) is 0.333. The Kier molecular flexibility index (Phi) is 3.62. The molecule has 1 aromatic rings. The van der Waals surface area contributed by atoms with Crippen molar-refractivity contribution in [3.05, 3.63) is 25.3 Å². The molecule has 0 radical (unpaired) electrons. The van der Waals surface area contributed by atoms with Crippen molar-refractivity contribution in [2.24, 2.45) is 0 Å². The number of hydrogen-bond acceptors (Lipinski definition) is 0. The molecule has 0 aliphatic heterocycles. The molecule has 0 aliphatic rings. The maximum atomic E-state index is 2.44. The van der Waals surface area contributed by atoms with E-state index in [0.29, 0.717) is 0 Å². The Bertz CT molecular complexity index is 289. The first kappa shape index (κ1) is 11.0. The molecular weight excluding hydrogens is 390 g/mol. The molecule has 0 fully saturated rings. The Morgan fingerprint density at radius 1 is 1.08 bits per heavy atom. The highest BCUT2D eigenvalue weighted by Gasteiger charge is 2.18. The molecule has 1 rings (SSSR count).